The van der Waals surface area contributed by atoms with Crippen molar-refractivity contribution in [2.24, 2.45) is 5.92 Å². The first-order valence-corrected chi connectivity index (χ1v) is 3.16. The highest BCUT2D eigenvalue weighted by molar-refractivity contribution is 5.69. The van der Waals surface area contributed by atoms with E-state index in [9.17, 15) is 22.4 Å². The van der Waals surface area contributed by atoms with E-state index in [2.05, 4.69) is 0 Å². The summed E-state index contributed by atoms with van der Waals surface area (Å²) >= 11 is 0. The molecule has 0 saturated heterocycles. The minimum absolute atomic E-state index is 0.957. The van der Waals surface area contributed by atoms with Crippen molar-refractivity contribution in [1.82, 2.24) is 0 Å². The van der Waals surface area contributed by atoms with Crippen LogP contribution in [-0.2, 0) is 4.79 Å². The minimum atomic E-state index is -4.21. The number of aliphatic carboxylic acids is 1. The number of carboxylic acid groups (broad SMARTS) is 1. The molecule has 0 spiro atoms. The predicted molar refractivity (Wildman–Crippen MR) is 32.4 cm³/mol. The second kappa shape index (κ2) is 3.73. The highest BCUT2D eigenvalue weighted by Crippen LogP contribution is 2.29. The van der Waals surface area contributed by atoms with Gasteiger partial charge in [0.2, 0.25) is 0 Å². The third-order valence-electron chi connectivity index (χ3n) is 1.32. The van der Waals surface area contributed by atoms with Crippen LogP contribution in [0.1, 0.15) is 13.3 Å². The topological polar surface area (TPSA) is 37.3 Å². The van der Waals surface area contributed by atoms with Crippen molar-refractivity contribution >= 4 is 5.97 Å². The van der Waals surface area contributed by atoms with Crippen LogP contribution in [0.4, 0.5) is 17.6 Å². The lowest BCUT2D eigenvalue weighted by Gasteiger charge is -2.16. The van der Waals surface area contributed by atoms with Crippen LogP contribution in [0, 0.1) is 5.92 Å². The molecule has 0 saturated carbocycles. The number of carbonyl (C=O) groups is 1. The van der Waals surface area contributed by atoms with Crippen molar-refractivity contribution in [2.45, 2.75) is 25.7 Å². The second-order valence-corrected chi connectivity index (χ2v) is 2.51. The van der Waals surface area contributed by atoms with Gasteiger partial charge in [-0.25, -0.2) is 17.6 Å². The zero-order valence-corrected chi connectivity index (χ0v) is 6.23. The van der Waals surface area contributed by atoms with Crippen molar-refractivity contribution in [3.63, 3.8) is 0 Å². The summed E-state index contributed by atoms with van der Waals surface area (Å²) in [5.41, 5.74) is 0. The fourth-order valence-corrected chi connectivity index (χ4v) is 0.585. The SMILES string of the molecule is CC(CC(F)(F)C(F)F)C(=O)O. The van der Waals surface area contributed by atoms with E-state index < -0.39 is 30.7 Å². The number of rotatable bonds is 4. The van der Waals surface area contributed by atoms with Gasteiger partial charge in [-0.05, 0) is 0 Å². The van der Waals surface area contributed by atoms with Crippen molar-refractivity contribution in [3.8, 4) is 0 Å². The van der Waals surface area contributed by atoms with Gasteiger partial charge in [-0.1, -0.05) is 6.92 Å². The first-order chi connectivity index (χ1) is 5.27. The summed E-state index contributed by atoms with van der Waals surface area (Å²) in [6, 6.07) is 0. The third-order valence-corrected chi connectivity index (χ3v) is 1.32. The number of hydrogen-bond donors (Lipinski definition) is 1. The summed E-state index contributed by atoms with van der Waals surface area (Å²) in [6.07, 6.45) is -5.14. The van der Waals surface area contributed by atoms with Gasteiger partial charge in [0.1, 0.15) is 0 Å². The fourth-order valence-electron chi connectivity index (χ4n) is 0.585. The Morgan fingerprint density at radius 2 is 1.92 bits per heavy atom. The average molecular weight is 188 g/mol. The van der Waals surface area contributed by atoms with Gasteiger partial charge in [0.25, 0.3) is 0 Å². The maximum atomic E-state index is 12.1. The van der Waals surface area contributed by atoms with E-state index >= 15 is 0 Å². The van der Waals surface area contributed by atoms with Crippen molar-refractivity contribution < 1.29 is 27.5 Å². The van der Waals surface area contributed by atoms with Gasteiger partial charge in [0, 0.05) is 6.42 Å². The van der Waals surface area contributed by atoms with E-state index in [4.69, 9.17) is 5.11 Å². The summed E-state index contributed by atoms with van der Waals surface area (Å²) in [5, 5.41) is 8.15. The molecule has 0 aliphatic carbocycles. The fraction of sp³-hybridized carbons (Fsp3) is 0.833. The van der Waals surface area contributed by atoms with E-state index in [0.717, 1.165) is 6.92 Å². The lowest BCUT2D eigenvalue weighted by molar-refractivity contribution is -0.158. The molecule has 0 aliphatic heterocycles. The Morgan fingerprint density at radius 1 is 1.50 bits per heavy atom. The number of halogens is 4. The summed E-state index contributed by atoms with van der Waals surface area (Å²) in [6.45, 7) is 0.957. The van der Waals surface area contributed by atoms with Gasteiger partial charge in [-0.3, -0.25) is 4.79 Å². The van der Waals surface area contributed by atoms with E-state index in [1.165, 1.54) is 0 Å². The third kappa shape index (κ3) is 3.06. The Bertz CT molecular complexity index is 169. The standard InChI is InChI=1S/C6H8F4O2/c1-3(4(11)12)2-6(9,10)5(7)8/h3,5H,2H2,1H3,(H,11,12). The van der Waals surface area contributed by atoms with Crippen LogP contribution in [0.2, 0.25) is 0 Å². The quantitative estimate of drug-likeness (QED) is 0.685. The lowest BCUT2D eigenvalue weighted by Crippen LogP contribution is -2.31. The molecule has 12 heavy (non-hydrogen) atoms. The predicted octanol–water partition coefficient (Wildman–Crippen LogP) is 2.00. The molecule has 0 heterocycles. The molecule has 0 fully saturated rings. The van der Waals surface area contributed by atoms with Crippen LogP contribution in [0.3, 0.4) is 0 Å². The molecule has 1 N–H and O–H groups in total. The van der Waals surface area contributed by atoms with Gasteiger partial charge in [0.15, 0.2) is 0 Å². The van der Waals surface area contributed by atoms with Gasteiger partial charge in [-0.15, -0.1) is 0 Å². The van der Waals surface area contributed by atoms with Gasteiger partial charge in [0.05, 0.1) is 5.92 Å². The molecule has 1 atom stereocenters. The molecule has 0 rings (SSSR count). The van der Waals surface area contributed by atoms with Crippen LogP contribution < -0.4 is 0 Å². The second-order valence-electron chi connectivity index (χ2n) is 2.51. The summed E-state index contributed by atoms with van der Waals surface area (Å²) < 4.78 is 47.3. The molecule has 2 nitrogen and oxygen atoms in total. The van der Waals surface area contributed by atoms with E-state index in [1.54, 1.807) is 0 Å². The zero-order chi connectivity index (χ0) is 9.94. The molecule has 1 unspecified atom stereocenters. The highest BCUT2D eigenvalue weighted by Gasteiger charge is 2.43. The molecule has 6 heteroatoms. The minimum Gasteiger partial charge on any atom is -0.481 e. The molecule has 0 amide bonds. The van der Waals surface area contributed by atoms with Crippen LogP contribution in [0.5, 0.6) is 0 Å². The van der Waals surface area contributed by atoms with Gasteiger partial charge >= 0.3 is 18.3 Å². The van der Waals surface area contributed by atoms with E-state index in [-0.39, 0.29) is 0 Å². The average Bonchev–Trinajstić information content (AvgIpc) is 1.85. The molecule has 0 aromatic heterocycles. The molecule has 0 aromatic carbocycles. The Morgan fingerprint density at radius 3 is 2.17 bits per heavy atom. The van der Waals surface area contributed by atoms with Crippen LogP contribution in [0.25, 0.3) is 0 Å². The smallest absolute Gasteiger partial charge is 0.308 e. The van der Waals surface area contributed by atoms with Crippen molar-refractivity contribution in [3.05, 3.63) is 0 Å². The van der Waals surface area contributed by atoms with Crippen LogP contribution in [-0.4, -0.2) is 23.4 Å². The van der Waals surface area contributed by atoms with Crippen LogP contribution in [0.15, 0.2) is 0 Å². The molecular formula is C6H8F4O2. The Kier molecular flexibility index (Phi) is 3.48. The van der Waals surface area contributed by atoms with Crippen molar-refractivity contribution in [2.75, 3.05) is 0 Å². The first kappa shape index (κ1) is 11.2. The molecule has 0 aliphatic rings. The first-order valence-electron chi connectivity index (χ1n) is 3.16. The summed E-state index contributed by atoms with van der Waals surface area (Å²) in [4.78, 5) is 10.0. The van der Waals surface area contributed by atoms with E-state index in [0.29, 0.717) is 0 Å². The Labute approximate surface area is 66.2 Å². The normalized spacial score (nSPS) is 14.8. The van der Waals surface area contributed by atoms with Crippen LogP contribution >= 0.6 is 0 Å². The monoisotopic (exact) mass is 188 g/mol. The molecule has 72 valence electrons. The van der Waals surface area contributed by atoms with Gasteiger partial charge < -0.3 is 5.11 Å². The number of alkyl halides is 4. The Balaban J connectivity index is 4.15. The summed E-state index contributed by atoms with van der Waals surface area (Å²) in [7, 11) is 0. The molecule has 0 bridgehead atoms. The summed E-state index contributed by atoms with van der Waals surface area (Å²) in [5.74, 6) is -7.18. The molecular weight excluding hydrogens is 180 g/mol. The maximum absolute atomic E-state index is 12.1. The number of carboxylic acids is 1. The lowest BCUT2D eigenvalue weighted by atomic mass is 10.0. The zero-order valence-electron chi connectivity index (χ0n) is 6.23. The maximum Gasteiger partial charge on any atom is 0.308 e. The largest absolute Gasteiger partial charge is 0.481 e. The van der Waals surface area contributed by atoms with Gasteiger partial charge in [-0.2, -0.15) is 0 Å². The Hall–Kier alpha value is -0.810. The van der Waals surface area contributed by atoms with E-state index in [1.807, 2.05) is 0 Å². The molecule has 0 radical (unpaired) electrons. The highest BCUT2D eigenvalue weighted by atomic mass is 19.3. The van der Waals surface area contributed by atoms with Crippen molar-refractivity contribution in [1.29, 1.82) is 0 Å². The molecule has 0 aromatic rings. The number of hydrogen-bond acceptors (Lipinski definition) is 1.